The molecular weight excluding hydrogens is 246 g/mol. The van der Waals surface area contributed by atoms with Gasteiger partial charge in [-0.3, -0.25) is 4.79 Å². The van der Waals surface area contributed by atoms with Gasteiger partial charge in [0.2, 0.25) is 0 Å². The Morgan fingerprint density at radius 3 is 2.71 bits per heavy atom. The average molecular weight is 260 g/mol. The zero-order valence-corrected chi connectivity index (χ0v) is 10.3. The quantitative estimate of drug-likeness (QED) is 0.758. The van der Waals surface area contributed by atoms with Crippen LogP contribution in [0, 0.1) is 6.92 Å². The first-order valence-electron chi connectivity index (χ1n) is 4.91. The molecule has 0 aliphatic heterocycles. The van der Waals surface area contributed by atoms with Gasteiger partial charge in [0, 0.05) is 12.0 Å². The summed E-state index contributed by atoms with van der Waals surface area (Å²) in [7, 11) is 1.41. The maximum absolute atomic E-state index is 10.7. The van der Waals surface area contributed by atoms with Gasteiger partial charge in [-0.15, -0.1) is 0 Å². The summed E-state index contributed by atoms with van der Waals surface area (Å²) < 4.78 is 4.97. The minimum atomic E-state index is -1.15. The first kappa shape index (κ1) is 13.6. The Morgan fingerprint density at radius 1 is 1.65 bits per heavy atom. The Morgan fingerprint density at radius 2 is 2.24 bits per heavy atom. The van der Waals surface area contributed by atoms with Crippen LogP contribution in [0.4, 0.5) is 0 Å². The third-order valence-electron chi connectivity index (χ3n) is 2.44. The number of nitrogens with two attached hydrogens (primary N) is 1. The second-order valence-corrected chi connectivity index (χ2v) is 4.06. The molecule has 0 spiro atoms. The van der Waals surface area contributed by atoms with Gasteiger partial charge in [0.1, 0.15) is 6.04 Å². The Kier molecular flexibility index (Phi) is 4.20. The lowest BCUT2D eigenvalue weighted by Gasteiger charge is -2.14. The van der Waals surface area contributed by atoms with Crippen LogP contribution in [0.15, 0.2) is 6.07 Å². The highest BCUT2D eigenvalue weighted by Crippen LogP contribution is 2.38. The fourth-order valence-electron chi connectivity index (χ4n) is 1.47. The molecule has 1 aromatic carbocycles. The van der Waals surface area contributed by atoms with Crippen LogP contribution in [0.5, 0.6) is 11.5 Å². The zero-order valence-electron chi connectivity index (χ0n) is 9.53. The van der Waals surface area contributed by atoms with Crippen molar-refractivity contribution in [2.75, 3.05) is 7.11 Å². The summed E-state index contributed by atoms with van der Waals surface area (Å²) in [4.78, 5) is 10.7. The van der Waals surface area contributed by atoms with Crippen molar-refractivity contribution < 1.29 is 19.7 Å². The van der Waals surface area contributed by atoms with Crippen LogP contribution in [0.3, 0.4) is 0 Å². The number of benzene rings is 1. The number of ether oxygens (including phenoxy) is 1. The molecule has 0 amide bonds. The topological polar surface area (TPSA) is 92.8 Å². The van der Waals surface area contributed by atoms with Gasteiger partial charge in [0.15, 0.2) is 11.5 Å². The van der Waals surface area contributed by atoms with Crippen LogP contribution in [-0.2, 0) is 11.2 Å². The molecule has 0 heterocycles. The number of aromatic hydroxyl groups is 1. The molecule has 94 valence electrons. The minimum absolute atomic E-state index is 0.0575. The van der Waals surface area contributed by atoms with E-state index in [0.29, 0.717) is 16.1 Å². The molecule has 0 aromatic heterocycles. The van der Waals surface area contributed by atoms with Crippen molar-refractivity contribution in [3.63, 3.8) is 0 Å². The van der Waals surface area contributed by atoms with Gasteiger partial charge < -0.3 is 20.7 Å². The predicted octanol–water partition coefficient (Wildman–Crippen LogP) is 1.32. The fourth-order valence-corrected chi connectivity index (χ4v) is 1.69. The largest absolute Gasteiger partial charge is 0.504 e. The minimum Gasteiger partial charge on any atom is -0.504 e. The van der Waals surface area contributed by atoms with Crippen LogP contribution in [0.1, 0.15) is 11.1 Å². The van der Waals surface area contributed by atoms with Crippen molar-refractivity contribution in [3.8, 4) is 11.5 Å². The number of carboxylic acid groups (broad SMARTS) is 1. The normalized spacial score (nSPS) is 12.2. The molecule has 6 heteroatoms. The lowest BCUT2D eigenvalue weighted by Crippen LogP contribution is -2.32. The molecule has 1 unspecified atom stereocenters. The van der Waals surface area contributed by atoms with Gasteiger partial charge >= 0.3 is 5.97 Å². The Bertz CT molecular complexity index is 448. The van der Waals surface area contributed by atoms with E-state index >= 15 is 0 Å². The number of rotatable bonds is 4. The van der Waals surface area contributed by atoms with Crippen molar-refractivity contribution >= 4 is 17.6 Å². The summed E-state index contributed by atoms with van der Waals surface area (Å²) in [5.74, 6) is -1.07. The standard InChI is InChI=1S/C11H14ClNO4/c1-5-3-8(17-2)10(14)6(9(5)12)4-7(13)11(15)16/h3,7,14H,4,13H2,1-2H3,(H,15,16). The summed E-state index contributed by atoms with van der Waals surface area (Å²) in [6, 6.07) is 0.456. The smallest absolute Gasteiger partial charge is 0.320 e. The highest BCUT2D eigenvalue weighted by molar-refractivity contribution is 6.32. The van der Waals surface area contributed by atoms with Crippen molar-refractivity contribution in [2.24, 2.45) is 5.73 Å². The molecule has 0 aliphatic carbocycles. The van der Waals surface area contributed by atoms with E-state index < -0.39 is 12.0 Å². The third kappa shape index (κ3) is 2.81. The summed E-state index contributed by atoms with van der Waals surface area (Å²) in [5, 5.41) is 18.9. The van der Waals surface area contributed by atoms with Gasteiger partial charge in [0.25, 0.3) is 0 Å². The van der Waals surface area contributed by atoms with Gasteiger partial charge in [-0.2, -0.15) is 0 Å². The van der Waals surface area contributed by atoms with E-state index in [1.54, 1.807) is 13.0 Å². The molecular formula is C11H14ClNO4. The molecule has 0 fully saturated rings. The van der Waals surface area contributed by atoms with E-state index in [4.69, 9.17) is 27.2 Å². The molecule has 0 saturated heterocycles. The average Bonchev–Trinajstić information content (AvgIpc) is 2.28. The van der Waals surface area contributed by atoms with Crippen LogP contribution in [-0.4, -0.2) is 29.3 Å². The highest BCUT2D eigenvalue weighted by atomic mass is 35.5. The number of aryl methyl sites for hydroxylation is 1. The summed E-state index contributed by atoms with van der Waals surface area (Å²) in [5.41, 5.74) is 6.40. The number of carboxylic acids is 1. The van der Waals surface area contributed by atoms with Gasteiger partial charge in [-0.05, 0) is 18.6 Å². The maximum atomic E-state index is 10.7. The Balaban J connectivity index is 3.22. The van der Waals surface area contributed by atoms with Gasteiger partial charge in [-0.25, -0.2) is 0 Å². The molecule has 4 N–H and O–H groups in total. The van der Waals surface area contributed by atoms with E-state index in [2.05, 4.69) is 0 Å². The molecule has 1 atom stereocenters. The molecule has 5 nitrogen and oxygen atoms in total. The summed E-state index contributed by atoms with van der Waals surface area (Å²) in [6.45, 7) is 1.74. The lowest BCUT2D eigenvalue weighted by molar-refractivity contribution is -0.138. The van der Waals surface area contributed by atoms with Crippen LogP contribution in [0.2, 0.25) is 5.02 Å². The van der Waals surface area contributed by atoms with Crippen molar-refractivity contribution in [1.82, 2.24) is 0 Å². The predicted molar refractivity (Wildman–Crippen MR) is 63.7 cm³/mol. The maximum Gasteiger partial charge on any atom is 0.320 e. The third-order valence-corrected chi connectivity index (χ3v) is 2.97. The molecule has 0 saturated carbocycles. The zero-order chi connectivity index (χ0) is 13.2. The van der Waals surface area contributed by atoms with Crippen molar-refractivity contribution in [1.29, 1.82) is 0 Å². The van der Waals surface area contributed by atoms with Crippen LogP contribution < -0.4 is 10.5 Å². The number of phenolic OH excluding ortho intramolecular Hbond substituents is 1. The number of hydrogen-bond acceptors (Lipinski definition) is 4. The highest BCUT2D eigenvalue weighted by Gasteiger charge is 2.20. The Hall–Kier alpha value is -1.46. The number of phenols is 1. The van der Waals surface area contributed by atoms with Gasteiger partial charge in [-0.1, -0.05) is 11.6 Å². The number of carbonyl (C=O) groups is 1. The van der Waals surface area contributed by atoms with E-state index in [-0.39, 0.29) is 17.9 Å². The fraction of sp³-hybridized carbons (Fsp3) is 0.364. The van der Waals surface area contributed by atoms with Gasteiger partial charge in [0.05, 0.1) is 12.1 Å². The summed E-state index contributed by atoms with van der Waals surface area (Å²) >= 11 is 6.01. The molecule has 17 heavy (non-hydrogen) atoms. The monoisotopic (exact) mass is 259 g/mol. The van der Waals surface area contributed by atoms with Crippen molar-refractivity contribution in [2.45, 2.75) is 19.4 Å². The van der Waals surface area contributed by atoms with E-state index in [1.807, 2.05) is 0 Å². The number of aliphatic carboxylic acids is 1. The molecule has 1 rings (SSSR count). The number of hydrogen-bond donors (Lipinski definition) is 3. The van der Waals surface area contributed by atoms with Crippen LogP contribution in [0.25, 0.3) is 0 Å². The molecule has 1 aromatic rings. The van der Waals surface area contributed by atoms with E-state index in [0.717, 1.165) is 0 Å². The summed E-state index contributed by atoms with van der Waals surface area (Å²) in [6.07, 6.45) is -0.0575. The van der Waals surface area contributed by atoms with E-state index in [9.17, 15) is 9.90 Å². The first-order chi connectivity index (χ1) is 7.88. The SMILES string of the molecule is COc1cc(C)c(Cl)c(CC(N)C(=O)O)c1O. The second-order valence-electron chi connectivity index (χ2n) is 3.69. The van der Waals surface area contributed by atoms with Crippen molar-refractivity contribution in [3.05, 3.63) is 22.2 Å². The Labute approximate surface area is 104 Å². The number of halogens is 1. The lowest BCUT2D eigenvalue weighted by atomic mass is 10.0. The first-order valence-corrected chi connectivity index (χ1v) is 5.29. The van der Waals surface area contributed by atoms with E-state index in [1.165, 1.54) is 7.11 Å². The molecule has 0 aliphatic rings. The number of methoxy groups -OCH3 is 1. The molecule has 0 bridgehead atoms. The molecule has 0 radical (unpaired) electrons. The second kappa shape index (κ2) is 5.25. The van der Waals surface area contributed by atoms with Crippen LogP contribution >= 0.6 is 11.6 Å².